The highest BCUT2D eigenvalue weighted by Crippen LogP contribution is 2.27. The Labute approximate surface area is 117 Å². The lowest BCUT2D eigenvalue weighted by molar-refractivity contribution is 0.335. The summed E-state index contributed by atoms with van der Waals surface area (Å²) in [6.07, 6.45) is 0. The Bertz CT molecular complexity index is 500. The first-order chi connectivity index (χ1) is 8.35. The van der Waals surface area contributed by atoms with Gasteiger partial charge in [-0.2, -0.15) is 0 Å². The van der Waals surface area contributed by atoms with E-state index >= 15 is 0 Å². The first-order valence-electron chi connectivity index (χ1n) is 5.74. The molecule has 0 aliphatic heterocycles. The topological polar surface area (TPSA) is 69.4 Å². The highest BCUT2D eigenvalue weighted by atomic mass is 79.9. The quantitative estimate of drug-likeness (QED) is 0.865. The van der Waals surface area contributed by atoms with Crippen LogP contribution in [-0.4, -0.2) is 26.5 Å². The lowest BCUT2D eigenvalue weighted by Gasteiger charge is -2.14. The Kier molecular flexibility index (Phi) is 5.62. The molecule has 1 rings (SSSR count). The zero-order chi connectivity index (χ0) is 13.8. The minimum atomic E-state index is -3.00. The summed E-state index contributed by atoms with van der Waals surface area (Å²) in [4.78, 5) is 0. The second-order valence-corrected chi connectivity index (χ2v) is 7.44. The Morgan fingerprint density at radius 1 is 1.44 bits per heavy atom. The molecular formula is C12H18BrNO3S. The van der Waals surface area contributed by atoms with Gasteiger partial charge in [-0.1, -0.05) is 28.9 Å². The number of hydrogen-bond acceptors (Lipinski definition) is 4. The van der Waals surface area contributed by atoms with E-state index in [1.165, 1.54) is 0 Å². The van der Waals surface area contributed by atoms with Crippen LogP contribution in [0.15, 0.2) is 22.7 Å². The summed E-state index contributed by atoms with van der Waals surface area (Å²) in [5.74, 6) is 0.786. The van der Waals surface area contributed by atoms with Crippen LogP contribution < -0.4 is 10.5 Å². The highest BCUT2D eigenvalue weighted by molar-refractivity contribution is 9.10. The first kappa shape index (κ1) is 15.5. The lowest BCUT2D eigenvalue weighted by atomic mass is 10.1. The third-order valence-corrected chi connectivity index (χ3v) is 4.72. The van der Waals surface area contributed by atoms with Gasteiger partial charge in [0.2, 0.25) is 0 Å². The Hall–Kier alpha value is -0.590. The summed E-state index contributed by atoms with van der Waals surface area (Å²) in [6.45, 7) is 3.63. The van der Waals surface area contributed by atoms with Crippen molar-refractivity contribution in [2.75, 3.05) is 18.1 Å². The molecule has 0 amide bonds. The van der Waals surface area contributed by atoms with Gasteiger partial charge >= 0.3 is 0 Å². The van der Waals surface area contributed by atoms with Crippen LogP contribution in [0.1, 0.15) is 25.5 Å². The molecular weight excluding hydrogens is 318 g/mol. The number of halogens is 1. The van der Waals surface area contributed by atoms with Crippen LogP contribution in [0.5, 0.6) is 5.75 Å². The molecule has 0 aliphatic rings. The molecule has 0 heterocycles. The summed E-state index contributed by atoms with van der Waals surface area (Å²) in [5.41, 5.74) is 6.70. The fourth-order valence-electron chi connectivity index (χ4n) is 1.43. The average molecular weight is 336 g/mol. The molecule has 0 fully saturated rings. The maximum absolute atomic E-state index is 11.4. The normalized spacial score (nSPS) is 13.3. The maximum atomic E-state index is 11.4. The fourth-order valence-corrected chi connectivity index (χ4v) is 2.40. The molecule has 0 unspecified atom stereocenters. The molecule has 2 N–H and O–H groups in total. The van der Waals surface area contributed by atoms with Crippen LogP contribution in [0.2, 0.25) is 0 Å². The number of benzene rings is 1. The summed E-state index contributed by atoms with van der Waals surface area (Å²) < 4.78 is 29.1. The maximum Gasteiger partial charge on any atom is 0.153 e. The molecule has 0 saturated carbocycles. The largest absolute Gasteiger partial charge is 0.492 e. The number of ether oxygens (including phenoxy) is 1. The van der Waals surface area contributed by atoms with E-state index in [0.717, 1.165) is 10.0 Å². The molecule has 0 saturated heterocycles. The van der Waals surface area contributed by atoms with Gasteiger partial charge in [0.1, 0.15) is 12.4 Å². The third-order valence-electron chi connectivity index (χ3n) is 2.56. The first-order valence-corrected chi connectivity index (χ1v) is 8.35. The van der Waals surface area contributed by atoms with Gasteiger partial charge in [0.25, 0.3) is 0 Å². The van der Waals surface area contributed by atoms with Crippen LogP contribution in [-0.2, 0) is 9.84 Å². The lowest BCUT2D eigenvalue weighted by Crippen LogP contribution is -2.17. The smallest absolute Gasteiger partial charge is 0.153 e. The van der Waals surface area contributed by atoms with E-state index in [2.05, 4.69) is 15.9 Å². The molecule has 1 aromatic rings. The van der Waals surface area contributed by atoms with Crippen molar-refractivity contribution in [2.45, 2.75) is 19.9 Å². The van der Waals surface area contributed by atoms with Crippen molar-refractivity contribution < 1.29 is 13.2 Å². The highest BCUT2D eigenvalue weighted by Gasteiger charge is 2.11. The predicted octanol–water partition coefficient (Wildman–Crippen LogP) is 2.28. The van der Waals surface area contributed by atoms with Gasteiger partial charge in [0, 0.05) is 21.8 Å². The van der Waals surface area contributed by atoms with E-state index in [-0.39, 0.29) is 24.2 Å². The number of hydrogen-bond donors (Lipinski definition) is 1. The molecule has 0 aliphatic carbocycles. The van der Waals surface area contributed by atoms with E-state index < -0.39 is 9.84 Å². The Balaban J connectivity index is 2.75. The van der Waals surface area contributed by atoms with Gasteiger partial charge < -0.3 is 10.5 Å². The zero-order valence-electron chi connectivity index (χ0n) is 10.5. The van der Waals surface area contributed by atoms with E-state index in [4.69, 9.17) is 10.5 Å². The molecule has 1 atom stereocenters. The average Bonchev–Trinajstić information content (AvgIpc) is 2.28. The van der Waals surface area contributed by atoms with Crippen molar-refractivity contribution in [3.05, 3.63) is 28.2 Å². The fraction of sp³-hybridized carbons (Fsp3) is 0.500. The van der Waals surface area contributed by atoms with Crippen molar-refractivity contribution >= 4 is 25.8 Å². The standard InChI is InChI=1S/C12H18BrNO3S/c1-3-18(15,16)7-6-17-12-8-10(13)4-5-11(12)9(2)14/h4-5,8-9H,3,6-7,14H2,1-2H3/t9-/m1/s1. The van der Waals surface area contributed by atoms with Crippen LogP contribution in [0.25, 0.3) is 0 Å². The molecule has 0 radical (unpaired) electrons. The van der Waals surface area contributed by atoms with E-state index in [1.54, 1.807) is 13.0 Å². The van der Waals surface area contributed by atoms with Gasteiger partial charge in [-0.3, -0.25) is 0 Å². The van der Waals surface area contributed by atoms with Gasteiger partial charge in [-0.25, -0.2) is 8.42 Å². The molecule has 0 aromatic heterocycles. The molecule has 4 nitrogen and oxygen atoms in total. The Morgan fingerprint density at radius 3 is 2.67 bits per heavy atom. The number of sulfone groups is 1. The van der Waals surface area contributed by atoms with Gasteiger partial charge in [0.05, 0.1) is 5.75 Å². The second kappa shape index (κ2) is 6.54. The predicted molar refractivity (Wildman–Crippen MR) is 76.6 cm³/mol. The van der Waals surface area contributed by atoms with E-state index in [0.29, 0.717) is 5.75 Å². The van der Waals surface area contributed by atoms with Crippen LogP contribution in [0.4, 0.5) is 0 Å². The summed E-state index contributed by atoms with van der Waals surface area (Å²) >= 11 is 3.35. The third kappa shape index (κ3) is 4.59. The van der Waals surface area contributed by atoms with Crippen LogP contribution in [0, 0.1) is 0 Å². The monoisotopic (exact) mass is 335 g/mol. The van der Waals surface area contributed by atoms with E-state index in [9.17, 15) is 8.42 Å². The molecule has 0 bridgehead atoms. The van der Waals surface area contributed by atoms with Gasteiger partial charge in [-0.05, 0) is 19.1 Å². The minimum absolute atomic E-state index is 0.0222. The van der Waals surface area contributed by atoms with Crippen molar-refractivity contribution in [3.8, 4) is 5.75 Å². The van der Waals surface area contributed by atoms with Gasteiger partial charge in [0.15, 0.2) is 9.84 Å². The summed E-state index contributed by atoms with van der Waals surface area (Å²) in [6, 6.07) is 5.40. The number of rotatable bonds is 6. The molecule has 102 valence electrons. The van der Waals surface area contributed by atoms with Crippen LogP contribution >= 0.6 is 15.9 Å². The SMILES string of the molecule is CCS(=O)(=O)CCOc1cc(Br)ccc1[C@@H](C)N. The second-order valence-electron chi connectivity index (χ2n) is 4.06. The Morgan fingerprint density at radius 2 is 2.11 bits per heavy atom. The van der Waals surface area contributed by atoms with Crippen molar-refractivity contribution in [2.24, 2.45) is 5.73 Å². The van der Waals surface area contributed by atoms with Gasteiger partial charge in [-0.15, -0.1) is 0 Å². The number of nitrogens with two attached hydrogens (primary N) is 1. The summed E-state index contributed by atoms with van der Waals surface area (Å²) in [5, 5.41) is 0. The molecule has 18 heavy (non-hydrogen) atoms. The molecule has 0 spiro atoms. The summed E-state index contributed by atoms with van der Waals surface area (Å²) in [7, 11) is -3.00. The van der Waals surface area contributed by atoms with Crippen molar-refractivity contribution in [1.29, 1.82) is 0 Å². The molecule has 6 heteroatoms. The molecule has 1 aromatic carbocycles. The van der Waals surface area contributed by atoms with Crippen LogP contribution in [0.3, 0.4) is 0 Å². The zero-order valence-corrected chi connectivity index (χ0v) is 12.9. The van der Waals surface area contributed by atoms with E-state index in [1.807, 2.05) is 19.1 Å². The van der Waals surface area contributed by atoms with Crippen molar-refractivity contribution in [1.82, 2.24) is 0 Å². The van der Waals surface area contributed by atoms with Crippen molar-refractivity contribution in [3.63, 3.8) is 0 Å². The minimum Gasteiger partial charge on any atom is -0.492 e.